The van der Waals surface area contributed by atoms with Gasteiger partial charge in [0.1, 0.15) is 18.0 Å². The van der Waals surface area contributed by atoms with E-state index in [-0.39, 0.29) is 25.9 Å². The van der Waals surface area contributed by atoms with E-state index in [2.05, 4.69) is 15.0 Å². The monoisotopic (exact) mass is 319 g/mol. The molecule has 0 atom stereocenters. The van der Waals surface area contributed by atoms with Crippen LogP contribution in [0.1, 0.15) is 25.5 Å². The lowest BCUT2D eigenvalue weighted by molar-refractivity contribution is -0.0221. The minimum absolute atomic E-state index is 0.155. The van der Waals surface area contributed by atoms with Gasteiger partial charge in [-0.3, -0.25) is 0 Å². The van der Waals surface area contributed by atoms with E-state index in [1.54, 1.807) is 12.3 Å². The predicted octanol–water partition coefficient (Wildman–Crippen LogP) is 2.92. The average Bonchev–Trinajstić information content (AvgIpc) is 2.55. The molecule has 3 heterocycles. The number of pyridine rings is 1. The highest BCUT2D eigenvalue weighted by Crippen LogP contribution is 2.35. The van der Waals surface area contributed by atoms with Crippen molar-refractivity contribution in [2.75, 3.05) is 23.7 Å². The molecule has 0 radical (unpaired) electrons. The highest BCUT2D eigenvalue weighted by molar-refractivity contribution is 5.78. The third-order valence-corrected chi connectivity index (χ3v) is 4.11. The van der Waals surface area contributed by atoms with Gasteiger partial charge in [-0.15, -0.1) is 0 Å². The molecule has 2 aromatic rings. The summed E-state index contributed by atoms with van der Waals surface area (Å²) in [4.78, 5) is 14.7. The van der Waals surface area contributed by atoms with Gasteiger partial charge in [0.2, 0.25) is 0 Å². The molecule has 3 rings (SSSR count). The van der Waals surface area contributed by atoms with Crippen LogP contribution >= 0.6 is 0 Å². The van der Waals surface area contributed by atoms with E-state index in [0.717, 1.165) is 23.2 Å². The van der Waals surface area contributed by atoms with E-state index in [1.807, 2.05) is 17.9 Å². The van der Waals surface area contributed by atoms with E-state index in [1.165, 1.54) is 6.33 Å². The molecular weight excluding hydrogens is 300 g/mol. The minimum atomic E-state index is -2.58. The third-order valence-electron chi connectivity index (χ3n) is 4.11. The molecule has 7 heteroatoms. The molecule has 0 amide bonds. The number of anilines is 2. The van der Waals surface area contributed by atoms with Gasteiger partial charge in [0.25, 0.3) is 5.92 Å². The molecule has 0 aromatic carbocycles. The quantitative estimate of drug-likeness (QED) is 0.942. The molecule has 0 aliphatic carbocycles. The fraction of sp³-hybridized carbons (Fsp3) is 0.438. The lowest BCUT2D eigenvalue weighted by Crippen LogP contribution is -2.40. The Kier molecular flexibility index (Phi) is 4.11. The summed E-state index contributed by atoms with van der Waals surface area (Å²) in [6.07, 6.45) is 3.58. The first kappa shape index (κ1) is 15.6. The van der Waals surface area contributed by atoms with Crippen molar-refractivity contribution in [3.63, 3.8) is 0 Å². The first-order chi connectivity index (χ1) is 11.0. The van der Waals surface area contributed by atoms with Crippen molar-refractivity contribution >= 4 is 11.6 Å². The van der Waals surface area contributed by atoms with Gasteiger partial charge in [-0.1, -0.05) is 6.92 Å². The Hall–Kier alpha value is -2.31. The summed E-state index contributed by atoms with van der Waals surface area (Å²) in [5, 5.41) is 0. The van der Waals surface area contributed by atoms with Gasteiger partial charge in [-0.25, -0.2) is 23.7 Å². The van der Waals surface area contributed by atoms with Gasteiger partial charge in [-0.2, -0.15) is 0 Å². The zero-order chi connectivity index (χ0) is 16.4. The van der Waals surface area contributed by atoms with Crippen LogP contribution < -0.4 is 10.6 Å². The first-order valence-electron chi connectivity index (χ1n) is 7.69. The van der Waals surface area contributed by atoms with E-state index in [0.29, 0.717) is 11.6 Å². The molecule has 2 aromatic heterocycles. The van der Waals surface area contributed by atoms with Crippen LogP contribution in [-0.2, 0) is 6.42 Å². The van der Waals surface area contributed by atoms with Gasteiger partial charge < -0.3 is 10.6 Å². The van der Waals surface area contributed by atoms with Crippen molar-refractivity contribution in [3.05, 3.63) is 30.4 Å². The molecule has 0 unspecified atom stereocenters. The molecule has 23 heavy (non-hydrogen) atoms. The van der Waals surface area contributed by atoms with Crippen LogP contribution in [0.25, 0.3) is 11.1 Å². The number of hydrogen-bond acceptors (Lipinski definition) is 5. The lowest BCUT2D eigenvalue weighted by Gasteiger charge is -2.33. The predicted molar refractivity (Wildman–Crippen MR) is 85.4 cm³/mol. The summed E-state index contributed by atoms with van der Waals surface area (Å²) in [5.41, 5.74) is 8.23. The molecular formula is C16H19F2N5. The highest BCUT2D eigenvalue weighted by Gasteiger charge is 2.35. The van der Waals surface area contributed by atoms with Crippen molar-refractivity contribution in [1.82, 2.24) is 15.0 Å². The largest absolute Gasteiger partial charge is 0.384 e. The van der Waals surface area contributed by atoms with E-state index in [4.69, 9.17) is 5.73 Å². The summed E-state index contributed by atoms with van der Waals surface area (Å²) >= 11 is 0. The Bertz CT molecular complexity index is 677. The molecule has 1 saturated heterocycles. The average molecular weight is 319 g/mol. The van der Waals surface area contributed by atoms with E-state index >= 15 is 0 Å². The van der Waals surface area contributed by atoms with Crippen molar-refractivity contribution in [1.29, 1.82) is 0 Å². The van der Waals surface area contributed by atoms with Gasteiger partial charge >= 0.3 is 0 Å². The third kappa shape index (κ3) is 3.23. The number of nitrogens with zero attached hydrogens (tertiary/aromatic N) is 4. The van der Waals surface area contributed by atoms with Crippen molar-refractivity contribution in [2.24, 2.45) is 0 Å². The van der Waals surface area contributed by atoms with Gasteiger partial charge in [0, 0.05) is 43.3 Å². The number of rotatable bonds is 3. The second kappa shape index (κ2) is 6.06. The first-order valence-corrected chi connectivity index (χ1v) is 7.69. The highest BCUT2D eigenvalue weighted by atomic mass is 19.3. The Morgan fingerprint density at radius 3 is 2.52 bits per heavy atom. The van der Waals surface area contributed by atoms with E-state index < -0.39 is 5.92 Å². The normalized spacial score (nSPS) is 17.3. The second-order valence-electron chi connectivity index (χ2n) is 5.69. The summed E-state index contributed by atoms with van der Waals surface area (Å²) in [6, 6.07) is 3.58. The van der Waals surface area contributed by atoms with Gasteiger partial charge in [-0.05, 0) is 18.6 Å². The molecule has 122 valence electrons. The maximum absolute atomic E-state index is 13.4. The van der Waals surface area contributed by atoms with Crippen LogP contribution in [-0.4, -0.2) is 34.0 Å². The number of nitrogens with two attached hydrogens (primary N) is 1. The molecule has 1 aliphatic heterocycles. The van der Waals surface area contributed by atoms with Crippen LogP contribution in [0.2, 0.25) is 0 Å². The number of aryl methyl sites for hydroxylation is 1. The lowest BCUT2D eigenvalue weighted by atomic mass is 10.0. The Morgan fingerprint density at radius 2 is 1.91 bits per heavy atom. The minimum Gasteiger partial charge on any atom is -0.384 e. The summed E-state index contributed by atoms with van der Waals surface area (Å²) in [6.45, 7) is 2.57. The van der Waals surface area contributed by atoms with Crippen molar-refractivity contribution < 1.29 is 8.78 Å². The summed E-state index contributed by atoms with van der Waals surface area (Å²) in [7, 11) is 0. The molecule has 0 saturated carbocycles. The maximum atomic E-state index is 13.4. The number of nitrogen functional groups attached to an aromatic ring is 1. The van der Waals surface area contributed by atoms with Crippen molar-refractivity contribution in [2.45, 2.75) is 32.1 Å². The Labute approximate surface area is 133 Å². The maximum Gasteiger partial charge on any atom is 0.251 e. The summed E-state index contributed by atoms with van der Waals surface area (Å²) < 4.78 is 26.8. The number of piperidine rings is 1. The van der Waals surface area contributed by atoms with Crippen LogP contribution in [0.5, 0.6) is 0 Å². The fourth-order valence-electron chi connectivity index (χ4n) is 2.81. The van der Waals surface area contributed by atoms with Crippen LogP contribution in [0.4, 0.5) is 20.4 Å². The molecule has 1 fully saturated rings. The number of halogens is 2. The second-order valence-corrected chi connectivity index (χ2v) is 5.69. The molecule has 2 N–H and O–H groups in total. The molecule has 5 nitrogen and oxygen atoms in total. The van der Waals surface area contributed by atoms with E-state index in [9.17, 15) is 8.78 Å². The van der Waals surface area contributed by atoms with Crippen LogP contribution in [0.15, 0.2) is 24.7 Å². The van der Waals surface area contributed by atoms with Crippen molar-refractivity contribution in [3.8, 4) is 11.1 Å². The number of aromatic nitrogens is 3. The SMILES string of the molecule is CCc1ncnc(N2CCC(F)(F)CC2)c1-c1ccc(N)nc1. The zero-order valence-corrected chi connectivity index (χ0v) is 13.0. The number of hydrogen-bond donors (Lipinski definition) is 1. The smallest absolute Gasteiger partial charge is 0.251 e. The Balaban J connectivity index is 2.02. The fourth-order valence-corrected chi connectivity index (χ4v) is 2.81. The topological polar surface area (TPSA) is 67.9 Å². The van der Waals surface area contributed by atoms with Crippen LogP contribution in [0.3, 0.4) is 0 Å². The van der Waals surface area contributed by atoms with Crippen LogP contribution in [0, 0.1) is 0 Å². The Morgan fingerprint density at radius 1 is 1.17 bits per heavy atom. The van der Waals surface area contributed by atoms with Gasteiger partial charge in [0.15, 0.2) is 0 Å². The summed E-state index contributed by atoms with van der Waals surface area (Å²) in [5.74, 6) is -1.46. The molecule has 0 spiro atoms. The standard InChI is InChI=1S/C16H19F2N5/c1-2-12-14(11-3-4-13(19)20-9-11)15(22-10-21-12)23-7-5-16(17,18)6-8-23/h3-4,9-10H,2,5-8H2,1H3,(H2,19,20). The van der Waals surface area contributed by atoms with Gasteiger partial charge in [0.05, 0.1) is 5.69 Å². The molecule has 0 bridgehead atoms. The molecule has 1 aliphatic rings. The number of alkyl halides is 2. The zero-order valence-electron chi connectivity index (χ0n) is 13.0.